The third-order valence-corrected chi connectivity index (χ3v) is 8.69. The third-order valence-electron chi connectivity index (χ3n) is 8.69. The first kappa shape index (κ1) is 25.4. The van der Waals surface area contributed by atoms with Gasteiger partial charge < -0.3 is 9.88 Å². The number of aromatic nitrogens is 5. The smallest absolute Gasteiger partial charge is 0.225 e. The molecule has 3 aromatic heterocycles. The highest BCUT2D eigenvalue weighted by Gasteiger charge is 2.29. The summed E-state index contributed by atoms with van der Waals surface area (Å²) in [7, 11) is 0. The number of hydrogen-bond acceptors (Lipinski definition) is 4. The van der Waals surface area contributed by atoms with Gasteiger partial charge in [-0.1, -0.05) is 39.0 Å². The first-order chi connectivity index (χ1) is 18.9. The summed E-state index contributed by atoms with van der Waals surface area (Å²) in [5.74, 6) is 1.26. The summed E-state index contributed by atoms with van der Waals surface area (Å²) in [5, 5.41) is 6.56. The van der Waals surface area contributed by atoms with E-state index in [1.165, 1.54) is 66.9 Å². The molecule has 0 spiro atoms. The highest BCUT2D eigenvalue weighted by molar-refractivity contribution is 5.98. The van der Waals surface area contributed by atoms with Gasteiger partial charge in [-0.2, -0.15) is 5.10 Å². The van der Waals surface area contributed by atoms with Gasteiger partial charge in [-0.3, -0.25) is 0 Å². The molecule has 1 atom stereocenters. The third kappa shape index (κ3) is 4.22. The van der Waals surface area contributed by atoms with Gasteiger partial charge in [-0.15, -0.1) is 0 Å². The van der Waals surface area contributed by atoms with Crippen LogP contribution in [0.25, 0.3) is 27.8 Å². The van der Waals surface area contributed by atoms with Gasteiger partial charge >= 0.3 is 0 Å². The van der Waals surface area contributed by atoms with Crippen molar-refractivity contribution >= 4 is 16.9 Å². The topological polar surface area (TPSA) is 62.6 Å². The van der Waals surface area contributed by atoms with Crippen LogP contribution in [0.3, 0.4) is 0 Å². The van der Waals surface area contributed by atoms with Crippen LogP contribution in [0, 0.1) is 20.8 Å². The van der Waals surface area contributed by atoms with Crippen molar-refractivity contribution in [1.29, 1.82) is 0 Å². The highest BCUT2D eigenvalue weighted by Crippen LogP contribution is 2.40. The molecule has 39 heavy (non-hydrogen) atoms. The maximum Gasteiger partial charge on any atom is 0.225 e. The number of anilines is 1. The number of benzene rings is 2. The Hall–Kier alpha value is -3.93. The molecule has 5 aromatic rings. The van der Waals surface area contributed by atoms with E-state index in [1.807, 2.05) is 12.4 Å². The van der Waals surface area contributed by atoms with Crippen LogP contribution >= 0.6 is 0 Å². The molecule has 1 unspecified atom stereocenters. The second-order valence-electron chi connectivity index (χ2n) is 11.1. The molecule has 6 nitrogen and oxygen atoms in total. The first-order valence-electron chi connectivity index (χ1n) is 14.2. The molecule has 0 saturated carbocycles. The highest BCUT2D eigenvalue weighted by atomic mass is 15.3. The zero-order chi connectivity index (χ0) is 27.3. The molecular weight excluding hydrogens is 480 g/mol. The molecule has 6 rings (SSSR count). The van der Waals surface area contributed by atoms with Crippen molar-refractivity contribution in [3.05, 3.63) is 88.0 Å². The van der Waals surface area contributed by atoms with Gasteiger partial charge in [0.1, 0.15) is 0 Å². The lowest BCUT2D eigenvalue weighted by atomic mass is 9.94. The number of hydrogen-bond donors (Lipinski definition) is 1. The minimum Gasteiger partial charge on any atom is -0.361 e. The number of aryl methyl sites for hydroxylation is 4. The monoisotopic (exact) mass is 518 g/mol. The van der Waals surface area contributed by atoms with Crippen LogP contribution in [0.15, 0.2) is 48.9 Å². The predicted molar refractivity (Wildman–Crippen MR) is 160 cm³/mol. The molecule has 4 heterocycles. The van der Waals surface area contributed by atoms with Gasteiger partial charge in [0.15, 0.2) is 0 Å². The Balaban J connectivity index is 1.55. The van der Waals surface area contributed by atoms with E-state index >= 15 is 0 Å². The first-order valence-corrected chi connectivity index (χ1v) is 14.2. The average Bonchev–Trinajstić information content (AvgIpc) is 3.60. The molecular formula is C33H38N6. The SMILES string of the molecule is CCc1cccc(C)c1-n1nc2c(c1-c1cc(C)c(C)c3[nH]ccc13)CN(c1ncc(C(C)CC)cn1)CC2. The normalized spacial score (nSPS) is 14.2. The van der Waals surface area contributed by atoms with Gasteiger partial charge in [-0.25, -0.2) is 14.6 Å². The van der Waals surface area contributed by atoms with Crippen molar-refractivity contribution in [2.45, 2.75) is 73.3 Å². The van der Waals surface area contributed by atoms with Crippen LogP contribution in [-0.4, -0.2) is 31.3 Å². The number of fused-ring (bicyclic) bond motifs is 2. The minimum absolute atomic E-state index is 0.465. The summed E-state index contributed by atoms with van der Waals surface area (Å²) in [6, 6.07) is 11.1. The second-order valence-corrected chi connectivity index (χ2v) is 11.1. The van der Waals surface area contributed by atoms with E-state index in [4.69, 9.17) is 15.1 Å². The van der Waals surface area contributed by atoms with Crippen molar-refractivity contribution in [2.24, 2.45) is 0 Å². The van der Waals surface area contributed by atoms with Gasteiger partial charge in [-0.05, 0) is 79.5 Å². The number of para-hydroxylation sites is 1. The van der Waals surface area contributed by atoms with Crippen molar-refractivity contribution in [3.63, 3.8) is 0 Å². The molecule has 0 radical (unpaired) electrons. The summed E-state index contributed by atoms with van der Waals surface area (Å²) < 4.78 is 2.24. The van der Waals surface area contributed by atoms with E-state index in [2.05, 4.69) is 92.6 Å². The predicted octanol–water partition coefficient (Wildman–Crippen LogP) is 7.37. The number of rotatable bonds is 6. The zero-order valence-corrected chi connectivity index (χ0v) is 24.0. The maximum atomic E-state index is 5.33. The van der Waals surface area contributed by atoms with Crippen LogP contribution in [0.1, 0.15) is 72.2 Å². The van der Waals surface area contributed by atoms with Crippen molar-refractivity contribution in [3.8, 4) is 16.9 Å². The number of H-pyrrole nitrogens is 1. The quantitative estimate of drug-likeness (QED) is 0.255. The Morgan fingerprint density at radius 2 is 1.82 bits per heavy atom. The van der Waals surface area contributed by atoms with E-state index < -0.39 is 0 Å². The summed E-state index contributed by atoms with van der Waals surface area (Å²) in [4.78, 5) is 15.4. The molecule has 200 valence electrons. The van der Waals surface area contributed by atoms with Crippen molar-refractivity contribution in [1.82, 2.24) is 24.7 Å². The van der Waals surface area contributed by atoms with Gasteiger partial charge in [0.05, 0.1) is 17.1 Å². The molecule has 0 aliphatic carbocycles. The molecule has 0 amide bonds. The number of nitrogens with zero attached hydrogens (tertiary/aromatic N) is 5. The molecule has 1 aliphatic rings. The van der Waals surface area contributed by atoms with Crippen LogP contribution in [0.2, 0.25) is 0 Å². The summed E-state index contributed by atoms with van der Waals surface area (Å²) in [6.45, 7) is 14.9. The van der Waals surface area contributed by atoms with Crippen LogP contribution in [-0.2, 0) is 19.4 Å². The Kier molecular flexibility index (Phi) is 6.49. The maximum absolute atomic E-state index is 5.33. The Bertz CT molecular complexity index is 1660. The number of aromatic amines is 1. The average molecular weight is 519 g/mol. The minimum atomic E-state index is 0.465. The summed E-state index contributed by atoms with van der Waals surface area (Å²) >= 11 is 0. The Morgan fingerprint density at radius 3 is 2.56 bits per heavy atom. The molecule has 2 aromatic carbocycles. The van der Waals surface area contributed by atoms with Crippen molar-refractivity contribution < 1.29 is 0 Å². The standard InChI is InChI=1S/C33H38N6/c1-7-20(3)25-17-35-33(36-18-25)38-15-13-29-28(19-38)32(27-16-22(5)23(6)30-26(27)12-14-34-30)39(37-29)31-21(4)10-9-11-24(31)8-2/h9-12,14,16-18,20,34H,7-8,13,15,19H2,1-6H3. The molecule has 1 aliphatic heterocycles. The van der Waals surface area contributed by atoms with E-state index in [0.717, 1.165) is 38.3 Å². The zero-order valence-electron chi connectivity index (χ0n) is 24.0. The fourth-order valence-corrected chi connectivity index (χ4v) is 5.98. The summed E-state index contributed by atoms with van der Waals surface area (Å²) in [6.07, 6.45) is 8.96. The lowest BCUT2D eigenvalue weighted by Gasteiger charge is -2.27. The molecule has 0 fully saturated rings. The molecule has 6 heteroatoms. The van der Waals surface area contributed by atoms with Crippen LogP contribution in [0.5, 0.6) is 0 Å². The molecule has 0 bridgehead atoms. The van der Waals surface area contributed by atoms with Gasteiger partial charge in [0.2, 0.25) is 5.95 Å². The largest absolute Gasteiger partial charge is 0.361 e. The lowest BCUT2D eigenvalue weighted by Crippen LogP contribution is -2.31. The Labute approximate surface area is 231 Å². The summed E-state index contributed by atoms with van der Waals surface area (Å²) in [5.41, 5.74) is 13.6. The lowest BCUT2D eigenvalue weighted by molar-refractivity contribution is 0.685. The number of nitrogens with one attached hydrogen (secondary N) is 1. The van der Waals surface area contributed by atoms with E-state index in [-0.39, 0.29) is 0 Å². The van der Waals surface area contributed by atoms with Gasteiger partial charge in [0, 0.05) is 60.1 Å². The van der Waals surface area contributed by atoms with E-state index in [9.17, 15) is 0 Å². The molecule has 0 saturated heterocycles. The van der Waals surface area contributed by atoms with Crippen molar-refractivity contribution in [2.75, 3.05) is 11.4 Å². The second kappa shape index (κ2) is 9.99. The fourth-order valence-electron chi connectivity index (χ4n) is 5.98. The van der Waals surface area contributed by atoms with Crippen LogP contribution < -0.4 is 4.90 Å². The van der Waals surface area contributed by atoms with E-state index in [1.54, 1.807) is 0 Å². The van der Waals surface area contributed by atoms with Gasteiger partial charge in [0.25, 0.3) is 0 Å². The molecule has 1 N–H and O–H groups in total. The fraction of sp³-hybridized carbons (Fsp3) is 0.364. The van der Waals surface area contributed by atoms with Crippen LogP contribution in [0.4, 0.5) is 5.95 Å². The Morgan fingerprint density at radius 1 is 1.03 bits per heavy atom. The van der Waals surface area contributed by atoms with E-state index in [0.29, 0.717) is 5.92 Å².